The minimum absolute atomic E-state index is 0.289. The molecule has 1 amide bonds. The fourth-order valence-corrected chi connectivity index (χ4v) is 3.43. The van der Waals surface area contributed by atoms with Crippen LogP contribution < -0.4 is 4.90 Å². The number of carbonyl (C=O) groups excluding carboxylic acids is 1. The van der Waals surface area contributed by atoms with Crippen LogP contribution in [0.5, 0.6) is 0 Å². The van der Waals surface area contributed by atoms with Crippen molar-refractivity contribution in [1.82, 2.24) is 9.88 Å². The van der Waals surface area contributed by atoms with Gasteiger partial charge in [-0.25, -0.2) is 0 Å². The van der Waals surface area contributed by atoms with Crippen LogP contribution >= 0.6 is 0 Å². The number of aromatic nitrogens is 1. The molecule has 24 heavy (non-hydrogen) atoms. The van der Waals surface area contributed by atoms with Crippen LogP contribution in [-0.4, -0.2) is 42.0 Å². The maximum atomic E-state index is 12.3. The van der Waals surface area contributed by atoms with Crippen LogP contribution in [0.2, 0.25) is 0 Å². The molecule has 0 atom stereocenters. The maximum absolute atomic E-state index is 12.3. The number of nitriles is 1. The number of carbonyl (C=O) groups is 1. The zero-order chi connectivity index (χ0) is 16.5. The predicted molar refractivity (Wildman–Crippen MR) is 92.6 cm³/mol. The minimum atomic E-state index is 0.289. The molecule has 2 heterocycles. The summed E-state index contributed by atoms with van der Waals surface area (Å²) >= 11 is 0. The summed E-state index contributed by atoms with van der Waals surface area (Å²) in [5.74, 6) is 0.919. The van der Waals surface area contributed by atoms with Gasteiger partial charge in [-0.2, -0.15) is 5.26 Å². The van der Waals surface area contributed by atoms with E-state index in [1.165, 1.54) is 12.8 Å². The molecule has 2 fully saturated rings. The Bertz CT molecular complexity index is 814. The van der Waals surface area contributed by atoms with E-state index in [0.29, 0.717) is 17.9 Å². The fraction of sp³-hybridized carbons (Fsp3) is 0.421. The first-order valence-electron chi connectivity index (χ1n) is 8.57. The number of para-hydroxylation sites is 1. The monoisotopic (exact) mass is 320 g/mol. The van der Waals surface area contributed by atoms with Crippen molar-refractivity contribution in [2.45, 2.75) is 19.3 Å². The number of amides is 1. The summed E-state index contributed by atoms with van der Waals surface area (Å²) in [4.78, 5) is 20.9. The molecule has 1 saturated carbocycles. The highest BCUT2D eigenvalue weighted by Gasteiger charge is 2.29. The van der Waals surface area contributed by atoms with E-state index in [1.807, 2.05) is 29.2 Å². The van der Waals surface area contributed by atoms with Gasteiger partial charge in [-0.1, -0.05) is 18.2 Å². The van der Waals surface area contributed by atoms with Gasteiger partial charge in [0.1, 0.15) is 6.07 Å². The lowest BCUT2D eigenvalue weighted by molar-refractivity contribution is -0.131. The number of pyridine rings is 1. The SMILES string of the molecule is N#Cc1cnc2ccccc2c1N1CCN(C(=O)CC2CC2)CC1. The van der Waals surface area contributed by atoms with E-state index in [4.69, 9.17) is 0 Å². The summed E-state index contributed by atoms with van der Waals surface area (Å²) in [6.45, 7) is 2.98. The van der Waals surface area contributed by atoms with Gasteiger partial charge in [-0.05, 0) is 24.8 Å². The molecule has 122 valence electrons. The lowest BCUT2D eigenvalue weighted by atomic mass is 10.1. The fourth-order valence-electron chi connectivity index (χ4n) is 3.43. The van der Waals surface area contributed by atoms with Gasteiger partial charge in [-0.15, -0.1) is 0 Å². The molecule has 1 aromatic heterocycles. The molecule has 0 N–H and O–H groups in total. The Morgan fingerprint density at radius 3 is 2.67 bits per heavy atom. The topological polar surface area (TPSA) is 60.2 Å². The predicted octanol–water partition coefficient (Wildman–Crippen LogP) is 2.56. The molecule has 0 unspecified atom stereocenters. The Morgan fingerprint density at radius 1 is 1.21 bits per heavy atom. The Morgan fingerprint density at radius 2 is 1.96 bits per heavy atom. The van der Waals surface area contributed by atoms with Crippen LogP contribution in [0.4, 0.5) is 5.69 Å². The van der Waals surface area contributed by atoms with E-state index in [-0.39, 0.29) is 5.91 Å². The standard InChI is InChI=1S/C19H20N4O/c20-12-15-13-21-17-4-2-1-3-16(17)19(15)23-9-7-22(8-10-23)18(24)11-14-5-6-14/h1-4,13-14H,5-11H2. The number of hydrogen-bond donors (Lipinski definition) is 0. The van der Waals surface area contributed by atoms with Gasteiger partial charge in [-0.3, -0.25) is 9.78 Å². The lowest BCUT2D eigenvalue weighted by Crippen LogP contribution is -2.49. The number of rotatable bonds is 3. The maximum Gasteiger partial charge on any atom is 0.222 e. The molecule has 2 aliphatic rings. The van der Waals surface area contributed by atoms with Crippen molar-refractivity contribution in [2.24, 2.45) is 5.92 Å². The Hall–Kier alpha value is -2.61. The number of anilines is 1. The van der Waals surface area contributed by atoms with Crippen LogP contribution in [0, 0.1) is 17.2 Å². The van der Waals surface area contributed by atoms with E-state index >= 15 is 0 Å². The zero-order valence-corrected chi connectivity index (χ0v) is 13.6. The molecular formula is C19H20N4O. The Kier molecular flexibility index (Phi) is 3.81. The van der Waals surface area contributed by atoms with E-state index in [9.17, 15) is 10.1 Å². The molecule has 1 saturated heterocycles. The first kappa shape index (κ1) is 14.9. The van der Waals surface area contributed by atoms with Crippen molar-refractivity contribution in [3.63, 3.8) is 0 Å². The van der Waals surface area contributed by atoms with Crippen LogP contribution in [0.1, 0.15) is 24.8 Å². The third kappa shape index (κ3) is 2.80. The van der Waals surface area contributed by atoms with Crippen LogP contribution in [-0.2, 0) is 4.79 Å². The summed E-state index contributed by atoms with van der Waals surface area (Å²) in [5, 5.41) is 10.5. The summed E-state index contributed by atoms with van der Waals surface area (Å²) in [5.41, 5.74) is 2.46. The van der Waals surface area contributed by atoms with Gasteiger partial charge in [0.05, 0.1) is 16.8 Å². The van der Waals surface area contributed by atoms with E-state index < -0.39 is 0 Å². The Labute approximate surface area is 141 Å². The molecule has 0 bridgehead atoms. The highest BCUT2D eigenvalue weighted by atomic mass is 16.2. The molecule has 5 nitrogen and oxygen atoms in total. The van der Waals surface area contributed by atoms with Crippen molar-refractivity contribution in [2.75, 3.05) is 31.1 Å². The second-order valence-electron chi connectivity index (χ2n) is 6.66. The quantitative estimate of drug-likeness (QED) is 0.872. The number of nitrogens with zero attached hydrogens (tertiary/aromatic N) is 4. The van der Waals surface area contributed by atoms with Gasteiger partial charge in [0.25, 0.3) is 0 Å². The third-order valence-electron chi connectivity index (χ3n) is 4.98. The minimum Gasteiger partial charge on any atom is -0.366 e. The van der Waals surface area contributed by atoms with E-state index in [0.717, 1.165) is 42.8 Å². The molecule has 5 heteroatoms. The molecule has 1 aliphatic heterocycles. The van der Waals surface area contributed by atoms with Crippen molar-refractivity contribution >= 4 is 22.5 Å². The van der Waals surface area contributed by atoms with Crippen molar-refractivity contribution in [3.8, 4) is 6.07 Å². The smallest absolute Gasteiger partial charge is 0.222 e. The molecule has 2 aromatic rings. The van der Waals surface area contributed by atoms with Gasteiger partial charge in [0.2, 0.25) is 5.91 Å². The van der Waals surface area contributed by atoms with E-state index in [2.05, 4.69) is 16.0 Å². The van der Waals surface area contributed by atoms with Gasteiger partial charge >= 0.3 is 0 Å². The normalized spacial score (nSPS) is 17.8. The lowest BCUT2D eigenvalue weighted by Gasteiger charge is -2.37. The highest BCUT2D eigenvalue weighted by Crippen LogP contribution is 2.33. The van der Waals surface area contributed by atoms with Crippen LogP contribution in [0.25, 0.3) is 10.9 Å². The summed E-state index contributed by atoms with van der Waals surface area (Å²) in [7, 11) is 0. The summed E-state index contributed by atoms with van der Waals surface area (Å²) < 4.78 is 0. The van der Waals surface area contributed by atoms with Crippen molar-refractivity contribution in [3.05, 3.63) is 36.0 Å². The average molecular weight is 320 g/mol. The van der Waals surface area contributed by atoms with Crippen LogP contribution in [0.15, 0.2) is 30.5 Å². The van der Waals surface area contributed by atoms with Crippen molar-refractivity contribution in [1.29, 1.82) is 5.26 Å². The number of piperazine rings is 1. The largest absolute Gasteiger partial charge is 0.366 e. The summed E-state index contributed by atoms with van der Waals surface area (Å²) in [6, 6.07) is 10.2. The number of fused-ring (bicyclic) bond motifs is 1. The van der Waals surface area contributed by atoms with Gasteiger partial charge in [0, 0.05) is 44.2 Å². The second kappa shape index (κ2) is 6.12. The molecular weight excluding hydrogens is 300 g/mol. The van der Waals surface area contributed by atoms with Crippen LogP contribution in [0.3, 0.4) is 0 Å². The summed E-state index contributed by atoms with van der Waals surface area (Å²) in [6.07, 6.45) is 4.78. The van der Waals surface area contributed by atoms with E-state index in [1.54, 1.807) is 6.20 Å². The molecule has 0 spiro atoms. The zero-order valence-electron chi connectivity index (χ0n) is 13.6. The first-order valence-corrected chi connectivity index (χ1v) is 8.57. The van der Waals surface area contributed by atoms with Gasteiger partial charge in [0.15, 0.2) is 0 Å². The second-order valence-corrected chi connectivity index (χ2v) is 6.66. The average Bonchev–Trinajstić information content (AvgIpc) is 3.45. The molecule has 1 aliphatic carbocycles. The number of benzene rings is 1. The highest BCUT2D eigenvalue weighted by molar-refractivity contribution is 5.94. The molecule has 4 rings (SSSR count). The molecule has 1 aromatic carbocycles. The van der Waals surface area contributed by atoms with Gasteiger partial charge < -0.3 is 9.80 Å². The first-order chi connectivity index (χ1) is 11.8. The van der Waals surface area contributed by atoms with Crippen molar-refractivity contribution < 1.29 is 4.79 Å². The number of hydrogen-bond acceptors (Lipinski definition) is 4. The Balaban J connectivity index is 1.56. The molecule has 0 radical (unpaired) electrons. The third-order valence-corrected chi connectivity index (χ3v) is 4.98.